The van der Waals surface area contributed by atoms with Crippen LogP contribution in [0.2, 0.25) is 0 Å². The van der Waals surface area contributed by atoms with E-state index in [1.165, 1.54) is 5.57 Å². The Morgan fingerprint density at radius 2 is 1.85 bits per heavy atom. The summed E-state index contributed by atoms with van der Waals surface area (Å²) in [6, 6.07) is 4.06. The minimum atomic E-state index is -0.488. The molecule has 39 heavy (non-hydrogen) atoms. The van der Waals surface area contributed by atoms with Gasteiger partial charge in [0.1, 0.15) is 5.60 Å². The molecule has 1 aliphatic heterocycles. The molecule has 0 radical (unpaired) electrons. The maximum atomic E-state index is 13.1. The fourth-order valence-electron chi connectivity index (χ4n) is 5.42. The Hall–Kier alpha value is -3.06. The molecule has 4 rings (SSSR count). The van der Waals surface area contributed by atoms with Gasteiger partial charge in [-0.2, -0.15) is 0 Å². The molecule has 212 valence electrons. The predicted octanol–water partition coefficient (Wildman–Crippen LogP) is 6.42. The number of morpholine rings is 1. The third-order valence-electron chi connectivity index (χ3n) is 7.38. The number of aromatic nitrogens is 1. The van der Waals surface area contributed by atoms with Crippen LogP contribution in [0.1, 0.15) is 93.9 Å². The quantitative estimate of drug-likeness (QED) is 0.397. The molecule has 1 saturated heterocycles. The van der Waals surface area contributed by atoms with E-state index < -0.39 is 5.60 Å². The first kappa shape index (κ1) is 28.9. The second kappa shape index (κ2) is 12.0. The van der Waals surface area contributed by atoms with Crippen molar-refractivity contribution in [2.24, 2.45) is 5.92 Å². The molecule has 0 amide bonds. The summed E-state index contributed by atoms with van der Waals surface area (Å²) in [6.45, 7) is 18.7. The number of hydrogen-bond donors (Lipinski definition) is 0. The number of allylic oxidation sites excluding steroid dienone is 2. The average Bonchev–Trinajstić information content (AvgIpc) is 3.25. The number of carbonyl (C=O) groups excluding carboxylic acids is 2. The van der Waals surface area contributed by atoms with Crippen LogP contribution in [0.25, 0.3) is 16.8 Å². The van der Waals surface area contributed by atoms with E-state index in [0.29, 0.717) is 25.2 Å². The maximum Gasteiger partial charge on any atom is 0.338 e. The van der Waals surface area contributed by atoms with Crippen LogP contribution < -0.4 is 0 Å². The van der Waals surface area contributed by atoms with Crippen LogP contribution in [0.15, 0.2) is 31.0 Å². The molecule has 0 N–H and O–H groups in total. The summed E-state index contributed by atoms with van der Waals surface area (Å²) in [5.41, 5.74) is 5.95. The number of hydrogen-bond acceptors (Lipinski definition) is 6. The zero-order valence-electron chi connectivity index (χ0n) is 24.5. The van der Waals surface area contributed by atoms with Crippen molar-refractivity contribution < 1.29 is 23.8 Å². The predicted molar refractivity (Wildman–Crippen MR) is 155 cm³/mol. The van der Waals surface area contributed by atoms with E-state index in [1.54, 1.807) is 0 Å². The van der Waals surface area contributed by atoms with Crippen molar-refractivity contribution in [2.45, 2.75) is 85.4 Å². The van der Waals surface area contributed by atoms with Crippen molar-refractivity contribution >= 4 is 28.7 Å². The minimum Gasteiger partial charge on any atom is -0.460 e. The molecule has 1 fully saturated rings. The van der Waals surface area contributed by atoms with Gasteiger partial charge in [0.25, 0.3) is 0 Å². The fraction of sp³-hybridized carbons (Fsp3) is 0.562. The average molecular weight is 537 g/mol. The number of nitrogens with zero attached hydrogens (tertiary/aromatic N) is 2. The van der Waals surface area contributed by atoms with Crippen molar-refractivity contribution in [1.29, 1.82) is 0 Å². The summed E-state index contributed by atoms with van der Waals surface area (Å²) in [6.07, 6.45) is 8.60. The van der Waals surface area contributed by atoms with Crippen LogP contribution in [-0.2, 0) is 19.0 Å². The normalized spacial score (nSPS) is 20.2. The topological polar surface area (TPSA) is 69.5 Å². The first-order valence-electron chi connectivity index (χ1n) is 14.3. The van der Waals surface area contributed by atoms with Gasteiger partial charge in [0.2, 0.25) is 0 Å². The highest BCUT2D eigenvalue weighted by molar-refractivity contribution is 5.94. The molecule has 7 nitrogen and oxygen atoms in total. The van der Waals surface area contributed by atoms with Crippen LogP contribution in [-0.4, -0.2) is 59.2 Å². The molecule has 0 spiro atoms. The van der Waals surface area contributed by atoms with Crippen LogP contribution in [0.3, 0.4) is 0 Å². The van der Waals surface area contributed by atoms with Crippen molar-refractivity contribution in [2.75, 3.05) is 26.3 Å². The summed E-state index contributed by atoms with van der Waals surface area (Å²) in [7, 11) is 0. The maximum absolute atomic E-state index is 13.1. The van der Waals surface area contributed by atoms with E-state index in [0.717, 1.165) is 66.8 Å². The Bertz CT molecular complexity index is 1260. The lowest BCUT2D eigenvalue weighted by atomic mass is 9.90. The lowest BCUT2D eigenvalue weighted by Crippen LogP contribution is -2.35. The lowest BCUT2D eigenvalue weighted by Gasteiger charge is -2.31. The molecule has 2 aliphatic rings. The summed E-state index contributed by atoms with van der Waals surface area (Å²) < 4.78 is 19.0. The Morgan fingerprint density at radius 3 is 2.51 bits per heavy atom. The smallest absolute Gasteiger partial charge is 0.338 e. The van der Waals surface area contributed by atoms with Crippen molar-refractivity contribution in [3.8, 4) is 0 Å². The highest BCUT2D eigenvalue weighted by Crippen LogP contribution is 2.34. The molecular formula is C32H44N2O5. The molecule has 3 heterocycles. The number of fused-ring (bicyclic) bond motifs is 1. The van der Waals surface area contributed by atoms with E-state index in [-0.39, 0.29) is 24.0 Å². The minimum absolute atomic E-state index is 0.116. The largest absolute Gasteiger partial charge is 0.460 e. The zero-order chi connectivity index (χ0) is 28.3. The van der Waals surface area contributed by atoms with Crippen LogP contribution in [0.4, 0.5) is 0 Å². The summed E-state index contributed by atoms with van der Waals surface area (Å²) in [5.74, 6) is -0.572. The Balaban J connectivity index is 1.74. The number of rotatable bonds is 6. The SMILES string of the molecule is C=C(c1c(C)c(C(=O)OC(C)C)cc2cc(/C3=C/CC(C(=O)OC(C)(C)C)CCCC3)cn12)N1CCOCC1. The van der Waals surface area contributed by atoms with Gasteiger partial charge < -0.3 is 23.5 Å². The van der Waals surface area contributed by atoms with Crippen LogP contribution in [0, 0.1) is 12.8 Å². The van der Waals surface area contributed by atoms with Gasteiger partial charge in [-0.15, -0.1) is 0 Å². The van der Waals surface area contributed by atoms with Gasteiger partial charge in [0.15, 0.2) is 0 Å². The van der Waals surface area contributed by atoms with Gasteiger partial charge in [0.05, 0.1) is 42.2 Å². The third-order valence-corrected chi connectivity index (χ3v) is 7.38. The molecule has 1 unspecified atom stereocenters. The molecular weight excluding hydrogens is 492 g/mol. The molecule has 7 heteroatoms. The molecule has 0 saturated carbocycles. The molecule has 1 atom stereocenters. The third kappa shape index (κ3) is 6.93. The fourth-order valence-corrected chi connectivity index (χ4v) is 5.42. The number of esters is 2. The zero-order valence-corrected chi connectivity index (χ0v) is 24.5. The number of carbonyl (C=O) groups is 2. The van der Waals surface area contributed by atoms with Gasteiger partial charge in [-0.1, -0.05) is 19.1 Å². The van der Waals surface area contributed by atoms with Crippen molar-refractivity contribution in [3.05, 3.63) is 53.4 Å². The first-order valence-corrected chi connectivity index (χ1v) is 14.3. The van der Waals surface area contributed by atoms with Gasteiger partial charge in [0, 0.05) is 24.8 Å². The molecule has 0 bridgehead atoms. The van der Waals surface area contributed by atoms with E-state index in [2.05, 4.69) is 34.2 Å². The lowest BCUT2D eigenvalue weighted by molar-refractivity contribution is -0.160. The monoisotopic (exact) mass is 536 g/mol. The van der Waals surface area contributed by atoms with Crippen molar-refractivity contribution in [3.63, 3.8) is 0 Å². The standard InChI is InChI=1S/C32H44N2O5/c1-21(2)38-31(36)28-19-27-18-26(20-34(27)29(22(28)3)23(4)33-14-16-37-17-15-33)24-10-8-9-11-25(13-12-24)30(35)39-32(5,6)7/h12,18-21,25H,4,8-11,13-17H2,1-3,5-7H3/b24-12+. The van der Waals surface area contributed by atoms with Crippen molar-refractivity contribution in [1.82, 2.24) is 9.30 Å². The molecule has 2 aromatic rings. The van der Waals surface area contributed by atoms with E-state index in [9.17, 15) is 9.59 Å². The highest BCUT2D eigenvalue weighted by atomic mass is 16.6. The Labute approximate surface area is 232 Å². The Kier molecular flexibility index (Phi) is 8.90. The second-order valence-corrected chi connectivity index (χ2v) is 12.0. The number of ether oxygens (including phenoxy) is 3. The van der Waals surface area contributed by atoms with Gasteiger partial charge in [-0.3, -0.25) is 4.79 Å². The van der Waals surface area contributed by atoms with Crippen LogP contribution >= 0.6 is 0 Å². The van der Waals surface area contributed by atoms with Crippen LogP contribution in [0.5, 0.6) is 0 Å². The summed E-state index contributed by atoms with van der Waals surface area (Å²) in [5, 5.41) is 0. The first-order chi connectivity index (χ1) is 18.4. The van der Waals surface area contributed by atoms with Gasteiger partial charge >= 0.3 is 11.9 Å². The summed E-state index contributed by atoms with van der Waals surface area (Å²) in [4.78, 5) is 28.2. The van der Waals surface area contributed by atoms with E-state index >= 15 is 0 Å². The Morgan fingerprint density at radius 1 is 1.13 bits per heavy atom. The molecule has 2 aromatic heterocycles. The highest BCUT2D eigenvalue weighted by Gasteiger charge is 2.27. The molecule has 1 aliphatic carbocycles. The second-order valence-electron chi connectivity index (χ2n) is 12.0. The van der Waals surface area contributed by atoms with Gasteiger partial charge in [-0.25, -0.2) is 4.79 Å². The number of pyridine rings is 1. The van der Waals surface area contributed by atoms with E-state index in [1.807, 2.05) is 47.6 Å². The summed E-state index contributed by atoms with van der Waals surface area (Å²) >= 11 is 0. The van der Waals surface area contributed by atoms with E-state index in [4.69, 9.17) is 14.2 Å². The molecule has 0 aromatic carbocycles. The van der Waals surface area contributed by atoms with Gasteiger partial charge in [-0.05, 0) is 96.1 Å².